The highest BCUT2D eigenvalue weighted by atomic mass is 32.1. The zero-order valence-electron chi connectivity index (χ0n) is 12.4. The van der Waals surface area contributed by atoms with Crippen LogP contribution in [0.3, 0.4) is 0 Å². The van der Waals surface area contributed by atoms with Gasteiger partial charge in [-0.15, -0.1) is 0 Å². The molecule has 1 heterocycles. The first-order chi connectivity index (χ1) is 9.49. The molecule has 0 aliphatic carbocycles. The summed E-state index contributed by atoms with van der Waals surface area (Å²) in [5.41, 5.74) is 8.47. The van der Waals surface area contributed by atoms with E-state index in [1.54, 1.807) is 0 Å². The molecule has 0 atom stereocenters. The lowest BCUT2D eigenvalue weighted by atomic mass is 10.1. The van der Waals surface area contributed by atoms with Crippen molar-refractivity contribution in [1.29, 1.82) is 0 Å². The van der Waals surface area contributed by atoms with E-state index in [1.807, 2.05) is 20.9 Å². The van der Waals surface area contributed by atoms with Crippen molar-refractivity contribution in [3.63, 3.8) is 0 Å². The highest BCUT2D eigenvalue weighted by molar-refractivity contribution is 7.11. The van der Waals surface area contributed by atoms with E-state index in [0.29, 0.717) is 11.6 Å². The molecule has 0 aliphatic rings. The number of nitrogens with zero attached hydrogens (tertiary/aromatic N) is 2. The van der Waals surface area contributed by atoms with Gasteiger partial charge in [0, 0.05) is 13.6 Å². The van der Waals surface area contributed by atoms with Crippen molar-refractivity contribution in [2.45, 2.75) is 33.4 Å². The molecule has 0 unspecified atom stereocenters. The average molecular weight is 291 g/mol. The lowest BCUT2D eigenvalue weighted by Gasteiger charge is -2.20. The zero-order chi connectivity index (χ0) is 14.7. The maximum Gasteiger partial charge on any atom is 0.198 e. The molecule has 1 aromatic carbocycles. The second-order valence-electron chi connectivity index (χ2n) is 5.15. The third-order valence-corrected chi connectivity index (χ3v) is 3.98. The van der Waals surface area contributed by atoms with E-state index in [2.05, 4.69) is 40.5 Å². The van der Waals surface area contributed by atoms with E-state index in [4.69, 9.17) is 10.5 Å². The van der Waals surface area contributed by atoms with Crippen LogP contribution in [0.5, 0.6) is 5.75 Å². The van der Waals surface area contributed by atoms with E-state index in [0.717, 1.165) is 11.5 Å². The number of rotatable bonds is 5. The topological polar surface area (TPSA) is 51.4 Å². The van der Waals surface area contributed by atoms with Crippen LogP contribution in [0.25, 0.3) is 0 Å². The molecule has 0 aliphatic heterocycles. The first-order valence-electron chi connectivity index (χ1n) is 6.66. The van der Waals surface area contributed by atoms with Gasteiger partial charge in [-0.1, -0.05) is 24.3 Å². The largest absolute Gasteiger partial charge is 0.484 e. The Hall–Kier alpha value is -1.75. The van der Waals surface area contributed by atoms with Gasteiger partial charge in [0.1, 0.15) is 0 Å². The van der Waals surface area contributed by atoms with Crippen molar-refractivity contribution in [2.75, 3.05) is 17.7 Å². The molecule has 0 saturated carbocycles. The fourth-order valence-corrected chi connectivity index (χ4v) is 2.70. The lowest BCUT2D eigenvalue weighted by Crippen LogP contribution is -2.18. The average Bonchev–Trinajstić information content (AvgIpc) is 2.73. The summed E-state index contributed by atoms with van der Waals surface area (Å²) >= 11 is 1.38. The van der Waals surface area contributed by atoms with Gasteiger partial charge >= 0.3 is 0 Å². The molecule has 2 rings (SSSR count). The second-order valence-corrected chi connectivity index (χ2v) is 5.90. The highest BCUT2D eigenvalue weighted by Crippen LogP contribution is 2.38. The standard InChI is InChI=1S/C15H21N3OS/c1-10(2)19-13-14(16)17-20-15(13)18(4)9-12-8-6-5-7-11(12)3/h5-8,10H,9H2,1-4H3,(H2,16,17). The third kappa shape index (κ3) is 3.22. The van der Waals surface area contributed by atoms with E-state index < -0.39 is 0 Å². The van der Waals surface area contributed by atoms with Crippen LogP contribution in [0.15, 0.2) is 24.3 Å². The number of aromatic nitrogens is 1. The van der Waals surface area contributed by atoms with Crippen LogP contribution in [0.2, 0.25) is 0 Å². The molecule has 108 valence electrons. The van der Waals surface area contributed by atoms with Gasteiger partial charge in [-0.25, -0.2) is 0 Å². The predicted octanol–water partition coefficient (Wildman–Crippen LogP) is 3.46. The third-order valence-electron chi connectivity index (χ3n) is 3.03. The van der Waals surface area contributed by atoms with Gasteiger partial charge in [-0.3, -0.25) is 0 Å². The number of hydrogen-bond donors (Lipinski definition) is 1. The fraction of sp³-hybridized carbons (Fsp3) is 0.400. The van der Waals surface area contributed by atoms with Crippen molar-refractivity contribution in [3.05, 3.63) is 35.4 Å². The Bertz CT molecular complexity index is 580. The summed E-state index contributed by atoms with van der Waals surface area (Å²) in [6.07, 6.45) is 0.0827. The van der Waals surface area contributed by atoms with E-state index in [-0.39, 0.29) is 6.10 Å². The van der Waals surface area contributed by atoms with Crippen molar-refractivity contribution >= 4 is 22.4 Å². The molecule has 20 heavy (non-hydrogen) atoms. The van der Waals surface area contributed by atoms with Gasteiger partial charge < -0.3 is 15.4 Å². The Morgan fingerprint density at radius 2 is 2.05 bits per heavy atom. The van der Waals surface area contributed by atoms with Gasteiger partial charge in [0.15, 0.2) is 16.6 Å². The minimum atomic E-state index is 0.0827. The maximum atomic E-state index is 5.90. The van der Waals surface area contributed by atoms with Crippen LogP contribution in [0.1, 0.15) is 25.0 Å². The van der Waals surface area contributed by atoms with Crippen molar-refractivity contribution in [1.82, 2.24) is 4.37 Å². The quantitative estimate of drug-likeness (QED) is 0.916. The van der Waals surface area contributed by atoms with Crippen LogP contribution in [-0.2, 0) is 6.54 Å². The molecule has 0 saturated heterocycles. The molecule has 0 radical (unpaired) electrons. The number of anilines is 2. The SMILES string of the molecule is Cc1ccccc1CN(C)c1snc(N)c1OC(C)C. The van der Waals surface area contributed by atoms with Gasteiger partial charge in [0.2, 0.25) is 0 Å². The molecule has 0 bridgehead atoms. The molecule has 0 spiro atoms. The van der Waals surface area contributed by atoms with E-state index in [1.165, 1.54) is 22.7 Å². The van der Waals surface area contributed by atoms with Crippen molar-refractivity contribution < 1.29 is 4.74 Å². The lowest BCUT2D eigenvalue weighted by molar-refractivity contribution is 0.245. The Morgan fingerprint density at radius 1 is 1.35 bits per heavy atom. The molecule has 4 nitrogen and oxygen atoms in total. The predicted molar refractivity (Wildman–Crippen MR) is 85.6 cm³/mol. The molecular weight excluding hydrogens is 270 g/mol. The van der Waals surface area contributed by atoms with Gasteiger partial charge in [-0.05, 0) is 43.4 Å². The minimum Gasteiger partial charge on any atom is -0.484 e. The number of aryl methyl sites for hydroxylation is 1. The Morgan fingerprint density at radius 3 is 2.70 bits per heavy atom. The van der Waals surface area contributed by atoms with Crippen molar-refractivity contribution in [3.8, 4) is 5.75 Å². The van der Waals surface area contributed by atoms with Crippen LogP contribution in [0, 0.1) is 6.92 Å². The van der Waals surface area contributed by atoms with Gasteiger partial charge in [-0.2, -0.15) is 4.37 Å². The summed E-state index contributed by atoms with van der Waals surface area (Å²) in [5, 5.41) is 0.972. The number of ether oxygens (including phenoxy) is 1. The highest BCUT2D eigenvalue weighted by Gasteiger charge is 2.18. The van der Waals surface area contributed by atoms with Crippen LogP contribution >= 0.6 is 11.5 Å². The smallest absolute Gasteiger partial charge is 0.198 e. The normalized spacial score (nSPS) is 10.8. The molecule has 0 fully saturated rings. The first-order valence-corrected chi connectivity index (χ1v) is 7.43. The summed E-state index contributed by atoms with van der Waals surface area (Å²) in [4.78, 5) is 2.13. The van der Waals surface area contributed by atoms with Crippen LogP contribution in [-0.4, -0.2) is 17.5 Å². The number of hydrogen-bond acceptors (Lipinski definition) is 5. The van der Waals surface area contributed by atoms with E-state index >= 15 is 0 Å². The molecular formula is C15H21N3OS. The summed E-state index contributed by atoms with van der Waals surface area (Å²) < 4.78 is 9.99. The second kappa shape index (κ2) is 6.13. The number of nitrogen functional groups attached to an aromatic ring is 1. The summed E-state index contributed by atoms with van der Waals surface area (Å²) in [7, 11) is 2.03. The van der Waals surface area contributed by atoms with Crippen molar-refractivity contribution in [2.24, 2.45) is 0 Å². The summed E-state index contributed by atoms with van der Waals surface area (Å²) in [6, 6.07) is 8.37. The molecule has 2 aromatic rings. The van der Waals surface area contributed by atoms with E-state index in [9.17, 15) is 0 Å². The van der Waals surface area contributed by atoms with Crippen LogP contribution in [0.4, 0.5) is 10.8 Å². The minimum absolute atomic E-state index is 0.0827. The van der Waals surface area contributed by atoms with Gasteiger partial charge in [0.05, 0.1) is 6.10 Å². The maximum absolute atomic E-state index is 5.90. The zero-order valence-corrected chi connectivity index (χ0v) is 13.2. The monoisotopic (exact) mass is 291 g/mol. The summed E-state index contributed by atoms with van der Waals surface area (Å²) in [6.45, 7) is 6.91. The molecule has 0 amide bonds. The van der Waals surface area contributed by atoms with Crippen LogP contribution < -0.4 is 15.4 Å². The number of benzene rings is 1. The Labute approximate surface area is 124 Å². The first kappa shape index (κ1) is 14.7. The van der Waals surface area contributed by atoms with Gasteiger partial charge in [0.25, 0.3) is 0 Å². The molecule has 2 N–H and O–H groups in total. The number of nitrogens with two attached hydrogens (primary N) is 1. The fourth-order valence-electron chi connectivity index (χ4n) is 1.99. The summed E-state index contributed by atoms with van der Waals surface area (Å²) in [5.74, 6) is 1.16. The molecule has 1 aromatic heterocycles. The Balaban J connectivity index is 2.21. The molecule has 5 heteroatoms. The Kier molecular flexibility index (Phi) is 4.49.